The second kappa shape index (κ2) is 6.48. The van der Waals surface area contributed by atoms with Gasteiger partial charge in [-0.3, -0.25) is 10.1 Å². The maximum Gasteiger partial charge on any atom is 0.327 e. The summed E-state index contributed by atoms with van der Waals surface area (Å²) in [5, 5.41) is 24.2. The molecule has 122 valence electrons. The molecule has 1 aromatic carbocycles. The van der Waals surface area contributed by atoms with Gasteiger partial charge in [0.2, 0.25) is 5.82 Å². The summed E-state index contributed by atoms with van der Waals surface area (Å²) in [7, 11) is 1.37. The summed E-state index contributed by atoms with van der Waals surface area (Å²) in [5.41, 5.74) is -0.915. The number of ether oxygens (including phenoxy) is 1. The Kier molecular flexibility index (Phi) is 4.85. The van der Waals surface area contributed by atoms with Crippen molar-refractivity contribution in [1.29, 1.82) is 0 Å². The first kappa shape index (κ1) is 16.5. The Morgan fingerprint density at radius 2 is 2.27 bits per heavy atom. The summed E-state index contributed by atoms with van der Waals surface area (Å²) in [6, 6.07) is 2.39. The molecule has 0 spiro atoms. The minimum Gasteiger partial charge on any atom is -0.497 e. The average Bonchev–Trinajstić information content (AvgIpc) is 2.47. The zero-order valence-corrected chi connectivity index (χ0v) is 12.8. The number of nitro groups is 1. The van der Waals surface area contributed by atoms with E-state index in [1.54, 1.807) is 0 Å². The van der Waals surface area contributed by atoms with Gasteiger partial charge in [0.15, 0.2) is 0 Å². The van der Waals surface area contributed by atoms with Crippen molar-refractivity contribution in [3.05, 3.63) is 28.1 Å². The van der Waals surface area contributed by atoms with E-state index in [9.17, 15) is 19.6 Å². The van der Waals surface area contributed by atoms with Gasteiger partial charge in [0.1, 0.15) is 11.4 Å². The number of hydrogen-bond donors (Lipinski definition) is 2. The molecule has 0 bridgehead atoms. The van der Waals surface area contributed by atoms with Crippen LogP contribution in [0.3, 0.4) is 0 Å². The SMILES string of the molecule is COc1cc(F)c([N+](=O)[O-])c(NCC2(C)CCCCC2O)c1. The molecule has 1 saturated carbocycles. The number of anilines is 1. The minimum absolute atomic E-state index is 0.0702. The number of benzene rings is 1. The van der Waals surface area contributed by atoms with E-state index in [4.69, 9.17) is 4.74 Å². The van der Waals surface area contributed by atoms with E-state index in [0.29, 0.717) is 13.0 Å². The predicted octanol–water partition coefficient (Wildman–Crippen LogP) is 3.10. The molecule has 0 amide bonds. The summed E-state index contributed by atoms with van der Waals surface area (Å²) < 4.78 is 18.8. The van der Waals surface area contributed by atoms with Gasteiger partial charge in [-0.05, 0) is 12.8 Å². The highest BCUT2D eigenvalue weighted by Gasteiger charge is 2.36. The molecule has 0 radical (unpaired) electrons. The number of aliphatic hydroxyl groups excluding tert-OH is 1. The van der Waals surface area contributed by atoms with Gasteiger partial charge in [0.25, 0.3) is 0 Å². The number of nitro benzene ring substituents is 1. The van der Waals surface area contributed by atoms with Crippen LogP contribution in [0.4, 0.5) is 15.8 Å². The number of hydrogen-bond acceptors (Lipinski definition) is 5. The Morgan fingerprint density at radius 3 is 2.86 bits per heavy atom. The van der Waals surface area contributed by atoms with Crippen LogP contribution in [-0.2, 0) is 0 Å². The van der Waals surface area contributed by atoms with Crippen LogP contribution in [0.5, 0.6) is 5.75 Å². The molecule has 2 unspecified atom stereocenters. The van der Waals surface area contributed by atoms with Gasteiger partial charge in [-0.1, -0.05) is 19.8 Å². The van der Waals surface area contributed by atoms with E-state index in [0.717, 1.165) is 25.3 Å². The third-order valence-corrected chi connectivity index (χ3v) is 4.42. The van der Waals surface area contributed by atoms with Gasteiger partial charge < -0.3 is 15.2 Å². The third kappa shape index (κ3) is 3.30. The van der Waals surface area contributed by atoms with Crippen LogP contribution in [0.15, 0.2) is 12.1 Å². The van der Waals surface area contributed by atoms with Crippen molar-refractivity contribution >= 4 is 11.4 Å². The molecule has 1 aromatic rings. The molecule has 1 fully saturated rings. The predicted molar refractivity (Wildman–Crippen MR) is 80.7 cm³/mol. The summed E-state index contributed by atoms with van der Waals surface area (Å²) in [6.07, 6.45) is 3.05. The number of nitrogens with zero attached hydrogens (tertiary/aromatic N) is 1. The highest BCUT2D eigenvalue weighted by Crippen LogP contribution is 2.38. The average molecular weight is 312 g/mol. The summed E-state index contributed by atoms with van der Waals surface area (Å²) in [5.74, 6) is -0.735. The van der Waals surface area contributed by atoms with E-state index >= 15 is 0 Å². The number of rotatable bonds is 5. The summed E-state index contributed by atoms with van der Waals surface area (Å²) in [6.45, 7) is 2.27. The van der Waals surface area contributed by atoms with Gasteiger partial charge in [0.05, 0.1) is 18.1 Å². The van der Waals surface area contributed by atoms with E-state index in [1.807, 2.05) is 6.92 Å². The number of halogens is 1. The lowest BCUT2D eigenvalue weighted by atomic mass is 9.73. The highest BCUT2D eigenvalue weighted by molar-refractivity contribution is 5.65. The molecule has 1 aliphatic carbocycles. The van der Waals surface area contributed by atoms with Crippen LogP contribution in [0.1, 0.15) is 32.6 Å². The van der Waals surface area contributed by atoms with Crippen LogP contribution in [0, 0.1) is 21.3 Å². The van der Waals surface area contributed by atoms with Crippen LogP contribution >= 0.6 is 0 Å². The van der Waals surface area contributed by atoms with Crippen molar-refractivity contribution in [2.24, 2.45) is 5.41 Å². The second-order valence-corrected chi connectivity index (χ2v) is 6.03. The monoisotopic (exact) mass is 312 g/mol. The molecule has 2 N–H and O–H groups in total. The normalized spacial score (nSPS) is 24.8. The number of aliphatic hydroxyl groups is 1. The van der Waals surface area contributed by atoms with E-state index in [2.05, 4.69) is 5.32 Å². The zero-order chi connectivity index (χ0) is 16.3. The molecule has 0 heterocycles. The first-order chi connectivity index (χ1) is 10.4. The molecule has 2 rings (SSSR count). The van der Waals surface area contributed by atoms with Crippen molar-refractivity contribution < 1.29 is 19.2 Å². The van der Waals surface area contributed by atoms with Crippen LogP contribution in [-0.4, -0.2) is 29.8 Å². The van der Waals surface area contributed by atoms with Gasteiger partial charge in [-0.25, -0.2) is 0 Å². The first-order valence-electron chi connectivity index (χ1n) is 7.31. The molecule has 0 aromatic heterocycles. The van der Waals surface area contributed by atoms with Crippen molar-refractivity contribution in [3.8, 4) is 5.75 Å². The zero-order valence-electron chi connectivity index (χ0n) is 12.8. The molecular weight excluding hydrogens is 291 g/mol. The summed E-state index contributed by atoms with van der Waals surface area (Å²) in [4.78, 5) is 10.3. The molecule has 0 aliphatic heterocycles. The smallest absolute Gasteiger partial charge is 0.327 e. The lowest BCUT2D eigenvalue weighted by Gasteiger charge is -2.38. The fraction of sp³-hybridized carbons (Fsp3) is 0.600. The molecule has 6 nitrogen and oxygen atoms in total. The lowest BCUT2D eigenvalue weighted by Crippen LogP contribution is -2.41. The maximum atomic E-state index is 13.9. The van der Waals surface area contributed by atoms with E-state index in [1.165, 1.54) is 13.2 Å². The molecular formula is C15H21FN2O4. The largest absolute Gasteiger partial charge is 0.497 e. The molecule has 2 atom stereocenters. The quantitative estimate of drug-likeness (QED) is 0.644. The first-order valence-corrected chi connectivity index (χ1v) is 7.31. The Hall–Kier alpha value is -1.89. The Morgan fingerprint density at radius 1 is 1.55 bits per heavy atom. The topological polar surface area (TPSA) is 84.6 Å². The fourth-order valence-electron chi connectivity index (χ4n) is 2.90. The molecule has 1 aliphatic rings. The Bertz CT molecular complexity index is 567. The lowest BCUT2D eigenvalue weighted by molar-refractivity contribution is -0.386. The highest BCUT2D eigenvalue weighted by atomic mass is 19.1. The Balaban J connectivity index is 2.24. The van der Waals surface area contributed by atoms with Crippen LogP contribution in [0.25, 0.3) is 0 Å². The van der Waals surface area contributed by atoms with Gasteiger partial charge in [0, 0.05) is 24.1 Å². The van der Waals surface area contributed by atoms with Crippen molar-refractivity contribution in [2.45, 2.75) is 38.7 Å². The fourth-order valence-corrected chi connectivity index (χ4v) is 2.90. The van der Waals surface area contributed by atoms with E-state index < -0.39 is 22.5 Å². The van der Waals surface area contributed by atoms with Crippen molar-refractivity contribution in [2.75, 3.05) is 19.0 Å². The molecule has 0 saturated heterocycles. The van der Waals surface area contributed by atoms with Gasteiger partial charge >= 0.3 is 5.69 Å². The van der Waals surface area contributed by atoms with Crippen molar-refractivity contribution in [3.63, 3.8) is 0 Å². The number of methoxy groups -OCH3 is 1. The molecule has 7 heteroatoms. The van der Waals surface area contributed by atoms with Gasteiger partial charge in [-0.15, -0.1) is 0 Å². The second-order valence-electron chi connectivity index (χ2n) is 6.03. The standard InChI is InChI=1S/C15H21FN2O4/c1-15(6-4-3-5-13(15)19)9-17-12-8-10(22-2)7-11(16)14(12)18(20)21/h7-8,13,17,19H,3-6,9H2,1-2H3. The molecule has 22 heavy (non-hydrogen) atoms. The summed E-state index contributed by atoms with van der Waals surface area (Å²) >= 11 is 0. The number of nitrogens with one attached hydrogen (secondary N) is 1. The van der Waals surface area contributed by atoms with Gasteiger partial charge in [-0.2, -0.15) is 4.39 Å². The van der Waals surface area contributed by atoms with Crippen LogP contribution < -0.4 is 10.1 Å². The third-order valence-electron chi connectivity index (χ3n) is 4.42. The van der Waals surface area contributed by atoms with Crippen molar-refractivity contribution in [1.82, 2.24) is 0 Å². The van der Waals surface area contributed by atoms with E-state index in [-0.39, 0.29) is 16.9 Å². The Labute approximate surface area is 128 Å². The maximum absolute atomic E-state index is 13.9. The van der Waals surface area contributed by atoms with Crippen LogP contribution in [0.2, 0.25) is 0 Å². The minimum atomic E-state index is -0.943.